The normalized spacial score (nSPS) is 16.0. The van der Waals surface area contributed by atoms with Crippen molar-refractivity contribution in [3.05, 3.63) is 0 Å². The minimum atomic E-state index is 0.778. The van der Waals surface area contributed by atoms with Gasteiger partial charge in [-0.1, -0.05) is 0 Å². The first-order valence-electron chi connectivity index (χ1n) is 1.50. The Morgan fingerprint density at radius 1 is 1.80 bits per heavy atom. The summed E-state index contributed by atoms with van der Waals surface area (Å²) in [7, 11) is 1.56. The summed E-state index contributed by atoms with van der Waals surface area (Å²) in [5, 5.41) is 0. The Balaban J connectivity index is 2.61. The molecule has 0 aliphatic carbocycles. The summed E-state index contributed by atoms with van der Waals surface area (Å²) in [4.78, 5) is 7.40. The molecule has 2 nitrogen and oxygen atoms in total. The van der Waals surface area contributed by atoms with Gasteiger partial charge in [-0.2, -0.15) is 0 Å². The molecule has 3 heteroatoms. The topological polar surface area (TPSA) is 24.7 Å². The van der Waals surface area contributed by atoms with E-state index in [2.05, 4.69) is 9.80 Å². The number of nitrogens with zero attached hydrogens (tertiary/aromatic N) is 2. The van der Waals surface area contributed by atoms with Crippen LogP contribution in [-0.2, 0) is 0 Å². The number of hydrogen-bond donors (Lipinski definition) is 0. The van der Waals surface area contributed by atoms with Gasteiger partial charge in [0.05, 0.1) is 0 Å². The number of hydrogen-bond acceptors (Lipinski definition) is 2. The van der Waals surface area contributed by atoms with Gasteiger partial charge in [0.15, 0.2) is 0 Å². The van der Waals surface area contributed by atoms with Gasteiger partial charge in [-0.05, 0) is 0 Å². The van der Waals surface area contributed by atoms with Crippen LogP contribution in [0.5, 0.6) is 0 Å². The van der Waals surface area contributed by atoms with E-state index >= 15 is 0 Å². The van der Waals surface area contributed by atoms with Gasteiger partial charge in [0, 0.05) is 0 Å². The van der Waals surface area contributed by atoms with Crippen LogP contribution in [-0.4, -0.2) is 20.0 Å². The Bertz CT molecular complexity index is 65.7. The first-order chi connectivity index (χ1) is 2.50. The van der Waals surface area contributed by atoms with Crippen molar-refractivity contribution in [1.29, 1.82) is 0 Å². The van der Waals surface area contributed by atoms with E-state index in [9.17, 15) is 0 Å². The fraction of sp³-hybridized carbons (Fsp3) is 0.500. The molecule has 0 N–H and O–H groups in total. The van der Waals surface area contributed by atoms with E-state index in [-0.39, 0.29) is 0 Å². The summed E-state index contributed by atoms with van der Waals surface area (Å²) in [6.07, 6.45) is 1.76. The molecule has 0 atom stereocenters. The Labute approximate surface area is 30.9 Å². The second-order valence-corrected chi connectivity index (χ2v) is 0.812. The van der Waals surface area contributed by atoms with Gasteiger partial charge in [0.2, 0.25) is 0 Å². The fourth-order valence-electron chi connectivity index (χ4n) is 0.236. The first-order valence-corrected chi connectivity index (χ1v) is 1.50. The molecule has 1 rings (SSSR count). The fourth-order valence-corrected chi connectivity index (χ4v) is 0.236. The summed E-state index contributed by atoms with van der Waals surface area (Å²) in [5.41, 5.74) is 0. The molecule has 0 saturated carbocycles. The third-order valence-electron chi connectivity index (χ3n) is 0.441. The molecule has 0 aromatic carbocycles. The van der Waals surface area contributed by atoms with Crippen LogP contribution in [0.4, 0.5) is 0 Å². The van der Waals surface area contributed by atoms with Crippen LogP contribution in [0.2, 0.25) is 0 Å². The van der Waals surface area contributed by atoms with E-state index in [1.165, 1.54) is 0 Å². The molecule has 0 saturated heterocycles. The van der Waals surface area contributed by atoms with Gasteiger partial charge in [-0.3, -0.25) is 0 Å². The second kappa shape index (κ2) is 1.10. The zero-order valence-electron chi connectivity index (χ0n) is 2.76. The minimum absolute atomic E-state index is 0.778. The Morgan fingerprint density at radius 3 is 3.00 bits per heavy atom. The van der Waals surface area contributed by atoms with Crippen LogP contribution in [0.1, 0.15) is 0 Å². The predicted octanol–water partition coefficient (Wildman–Crippen LogP) is -0.126. The van der Waals surface area contributed by atoms with E-state index in [0.717, 1.165) is 6.54 Å². The molecule has 24 valence electrons. The van der Waals surface area contributed by atoms with Crippen LogP contribution in [0.3, 0.4) is 0 Å². The van der Waals surface area contributed by atoms with Crippen molar-refractivity contribution in [2.75, 3.05) is 6.54 Å². The Hall–Kier alpha value is -0.465. The van der Waals surface area contributed by atoms with E-state index in [0.29, 0.717) is 0 Å². The molecule has 1 aliphatic heterocycles. The zero-order chi connectivity index (χ0) is 3.54. The summed E-state index contributed by atoms with van der Waals surface area (Å²) in [5.74, 6) is 0. The van der Waals surface area contributed by atoms with Gasteiger partial charge in [-0.25, -0.2) is 0 Å². The van der Waals surface area contributed by atoms with E-state index in [4.69, 9.17) is 0 Å². The molecule has 5 heavy (non-hydrogen) atoms. The molecule has 1 aliphatic rings. The van der Waals surface area contributed by atoms with Crippen molar-refractivity contribution >= 4 is 13.4 Å². The molecule has 0 spiro atoms. The molecule has 0 amide bonds. The molecule has 0 fully saturated rings. The van der Waals surface area contributed by atoms with Crippen molar-refractivity contribution in [3.63, 3.8) is 0 Å². The molecule has 0 unspecified atom stereocenters. The molecule has 1 heterocycles. The van der Waals surface area contributed by atoms with Crippen LogP contribution in [0, 0.1) is 0 Å². The molecular weight excluding hydrogens is 62.8 g/mol. The van der Waals surface area contributed by atoms with E-state index in [1.807, 2.05) is 0 Å². The maximum atomic E-state index is 3.74. The van der Waals surface area contributed by atoms with Crippen molar-refractivity contribution < 1.29 is 0 Å². The predicted molar refractivity (Wildman–Crippen MR) is 21.5 cm³/mol. The Kier molecular flexibility index (Phi) is 0.609. The van der Waals surface area contributed by atoms with Gasteiger partial charge in [0.1, 0.15) is 0 Å². The Morgan fingerprint density at radius 2 is 2.80 bits per heavy atom. The van der Waals surface area contributed by atoms with Crippen LogP contribution >= 0.6 is 0 Å². The summed E-state index contributed by atoms with van der Waals surface area (Å²) in [6, 6.07) is 0. The molecule has 0 aromatic heterocycles. The number of rotatable bonds is 0. The SMILES string of the molecule is B1=NCC=N1. The van der Waals surface area contributed by atoms with Crippen molar-refractivity contribution in [3.8, 4) is 0 Å². The molecular formula is C2H3BN2. The quantitative estimate of drug-likeness (QED) is 0.352. The van der Waals surface area contributed by atoms with Crippen LogP contribution in [0.15, 0.2) is 9.80 Å². The standard InChI is InChI=1S/C2H3BN2/c1-2-5-3-4-1/h1H,2H2. The van der Waals surface area contributed by atoms with Gasteiger partial charge in [0.25, 0.3) is 0 Å². The molecule has 0 aromatic rings. The van der Waals surface area contributed by atoms with E-state index in [1.54, 1.807) is 13.4 Å². The third kappa shape index (κ3) is 0.405. The average molecular weight is 65.9 g/mol. The van der Waals surface area contributed by atoms with Crippen molar-refractivity contribution in [2.45, 2.75) is 0 Å². The third-order valence-corrected chi connectivity index (χ3v) is 0.441. The zero-order valence-corrected chi connectivity index (χ0v) is 2.76. The molecule has 0 radical (unpaired) electrons. The second-order valence-electron chi connectivity index (χ2n) is 0.812. The summed E-state index contributed by atoms with van der Waals surface area (Å²) >= 11 is 0. The summed E-state index contributed by atoms with van der Waals surface area (Å²) in [6.45, 7) is 0.778. The van der Waals surface area contributed by atoms with Gasteiger partial charge >= 0.3 is 29.8 Å². The van der Waals surface area contributed by atoms with Crippen LogP contribution in [0.25, 0.3) is 0 Å². The van der Waals surface area contributed by atoms with Gasteiger partial charge in [-0.15, -0.1) is 0 Å². The van der Waals surface area contributed by atoms with Crippen molar-refractivity contribution in [2.24, 2.45) is 9.80 Å². The van der Waals surface area contributed by atoms with Gasteiger partial charge < -0.3 is 0 Å². The summed E-state index contributed by atoms with van der Waals surface area (Å²) < 4.78 is 0. The maximum absolute atomic E-state index is 3.74. The first kappa shape index (κ1) is 2.76. The van der Waals surface area contributed by atoms with E-state index < -0.39 is 0 Å². The monoisotopic (exact) mass is 66.0 g/mol. The van der Waals surface area contributed by atoms with Crippen molar-refractivity contribution in [1.82, 2.24) is 0 Å². The van der Waals surface area contributed by atoms with Crippen LogP contribution < -0.4 is 0 Å². The molecule has 0 bridgehead atoms. The average Bonchev–Trinajstić information content (AvgIpc) is 1.76.